The number of amides is 2. The molecule has 3 heterocycles. The summed E-state index contributed by atoms with van der Waals surface area (Å²) < 4.78 is 3.40. The van der Waals surface area contributed by atoms with Crippen molar-refractivity contribution in [3.63, 3.8) is 0 Å². The molecule has 2 amide bonds. The fourth-order valence-electron chi connectivity index (χ4n) is 4.39. The van der Waals surface area contributed by atoms with E-state index in [2.05, 4.69) is 21.3 Å². The van der Waals surface area contributed by atoms with E-state index in [9.17, 15) is 9.59 Å². The van der Waals surface area contributed by atoms with Crippen molar-refractivity contribution < 1.29 is 9.59 Å². The normalized spacial score (nSPS) is 13.4. The van der Waals surface area contributed by atoms with E-state index in [1.165, 1.54) is 11.9 Å². The third kappa shape index (κ3) is 5.20. The van der Waals surface area contributed by atoms with Crippen LogP contribution in [0.3, 0.4) is 0 Å². The molecule has 0 saturated carbocycles. The quantitative estimate of drug-likeness (QED) is 0.356. The second kappa shape index (κ2) is 10.8. The molecule has 0 radical (unpaired) electrons. The number of piperazine rings is 1. The van der Waals surface area contributed by atoms with Gasteiger partial charge in [0.05, 0.1) is 10.4 Å². The largest absolute Gasteiger partial charge is 0.335 e. The number of pyridine rings is 2. The molecule has 186 valence electrons. The van der Waals surface area contributed by atoms with Crippen LogP contribution in [0.1, 0.15) is 32.0 Å². The lowest BCUT2D eigenvalue weighted by Crippen LogP contribution is -2.50. The van der Waals surface area contributed by atoms with E-state index in [-0.39, 0.29) is 11.8 Å². The van der Waals surface area contributed by atoms with E-state index >= 15 is 0 Å². The van der Waals surface area contributed by atoms with E-state index in [4.69, 9.17) is 0 Å². The Balaban J connectivity index is 1.21. The molecular weight excluding hydrogens is 482 g/mol. The molecule has 0 aliphatic carbocycles. The number of fused-ring (bicyclic) bond motifs is 1. The number of aromatic nitrogens is 2. The molecule has 1 aliphatic rings. The Morgan fingerprint density at radius 3 is 2.38 bits per heavy atom. The van der Waals surface area contributed by atoms with Crippen molar-refractivity contribution in [2.45, 2.75) is 11.8 Å². The molecule has 0 unspecified atom stereocenters. The van der Waals surface area contributed by atoms with Crippen LogP contribution < -0.4 is 4.72 Å². The zero-order chi connectivity index (χ0) is 25.8. The summed E-state index contributed by atoms with van der Waals surface area (Å²) >= 11 is 1.51. The Kier molecular flexibility index (Phi) is 7.18. The first-order valence-corrected chi connectivity index (χ1v) is 12.9. The molecule has 1 fully saturated rings. The Labute approximate surface area is 220 Å². The highest BCUT2D eigenvalue weighted by Gasteiger charge is 2.27. The zero-order valence-electron chi connectivity index (χ0n) is 20.6. The Morgan fingerprint density at radius 1 is 0.919 bits per heavy atom. The summed E-state index contributed by atoms with van der Waals surface area (Å²) in [4.78, 5) is 39.5. The molecule has 1 aliphatic heterocycles. The van der Waals surface area contributed by atoms with E-state index in [0.717, 1.165) is 27.0 Å². The van der Waals surface area contributed by atoms with Gasteiger partial charge in [-0.15, -0.1) is 0 Å². The standard InChI is InChI=1S/C29H27N5O2S/c1-3-21-8-5-14-31-27(21)29(36)34-17-15-33(16-18-34)28(35)23-11-12-24(20(2)19-23)32-37-25-10-4-7-22-9-6-13-30-26(22)25/h3-14,19,32H,1,15-18H2,2H3. The van der Waals surface area contributed by atoms with Gasteiger partial charge in [0.25, 0.3) is 11.8 Å². The van der Waals surface area contributed by atoms with Gasteiger partial charge in [-0.2, -0.15) is 0 Å². The van der Waals surface area contributed by atoms with Crippen LogP contribution in [0.2, 0.25) is 0 Å². The molecule has 1 N–H and O–H groups in total. The number of carbonyl (C=O) groups excluding carboxylic acids is 2. The molecule has 8 heteroatoms. The minimum absolute atomic E-state index is 0.0303. The van der Waals surface area contributed by atoms with E-state index in [0.29, 0.717) is 43.0 Å². The van der Waals surface area contributed by atoms with Gasteiger partial charge in [0.2, 0.25) is 0 Å². The van der Waals surface area contributed by atoms with Crippen molar-refractivity contribution in [2.24, 2.45) is 0 Å². The predicted octanol–water partition coefficient (Wildman–Crippen LogP) is 5.30. The van der Waals surface area contributed by atoms with Gasteiger partial charge in [-0.25, -0.2) is 0 Å². The van der Waals surface area contributed by atoms with Crippen molar-refractivity contribution in [1.29, 1.82) is 0 Å². The van der Waals surface area contributed by atoms with Crippen molar-refractivity contribution in [2.75, 3.05) is 30.9 Å². The van der Waals surface area contributed by atoms with Crippen LogP contribution in [0.25, 0.3) is 17.0 Å². The summed E-state index contributed by atoms with van der Waals surface area (Å²) in [5.74, 6) is -0.162. The van der Waals surface area contributed by atoms with Crippen LogP contribution in [0.4, 0.5) is 5.69 Å². The maximum Gasteiger partial charge on any atom is 0.273 e. The van der Waals surface area contributed by atoms with Gasteiger partial charge in [-0.1, -0.05) is 36.9 Å². The Bertz CT molecular complexity index is 1480. The number of hydrogen-bond donors (Lipinski definition) is 1. The lowest BCUT2D eigenvalue weighted by atomic mass is 10.1. The number of hydrogen-bond acceptors (Lipinski definition) is 6. The Morgan fingerprint density at radius 2 is 1.62 bits per heavy atom. The summed E-state index contributed by atoms with van der Waals surface area (Å²) in [6, 6.07) is 19.4. The molecule has 4 aromatic rings. The average molecular weight is 510 g/mol. The molecule has 5 rings (SSSR count). The van der Waals surface area contributed by atoms with Crippen LogP contribution >= 0.6 is 11.9 Å². The molecule has 1 saturated heterocycles. The second-order valence-electron chi connectivity index (χ2n) is 8.79. The first-order valence-electron chi connectivity index (χ1n) is 12.1. The molecule has 0 spiro atoms. The average Bonchev–Trinajstić information content (AvgIpc) is 2.95. The summed E-state index contributed by atoms with van der Waals surface area (Å²) in [5, 5.41) is 1.09. The lowest BCUT2D eigenvalue weighted by Gasteiger charge is -2.35. The van der Waals surface area contributed by atoms with Gasteiger partial charge < -0.3 is 14.5 Å². The molecule has 0 bridgehead atoms. The highest BCUT2D eigenvalue weighted by atomic mass is 32.2. The highest BCUT2D eigenvalue weighted by molar-refractivity contribution is 8.00. The third-order valence-corrected chi connectivity index (χ3v) is 7.33. The van der Waals surface area contributed by atoms with Gasteiger partial charge in [0.15, 0.2) is 0 Å². The molecule has 0 atom stereocenters. The van der Waals surface area contributed by atoms with Crippen LogP contribution in [0.5, 0.6) is 0 Å². The summed E-state index contributed by atoms with van der Waals surface area (Å²) in [6.07, 6.45) is 5.04. The highest BCUT2D eigenvalue weighted by Crippen LogP contribution is 2.29. The van der Waals surface area contributed by atoms with Crippen LogP contribution in [0.15, 0.2) is 84.5 Å². The number of nitrogens with one attached hydrogen (secondary N) is 1. The number of rotatable bonds is 6. The third-order valence-electron chi connectivity index (χ3n) is 6.46. The fourth-order valence-corrected chi connectivity index (χ4v) is 5.25. The lowest BCUT2D eigenvalue weighted by molar-refractivity contribution is 0.0532. The van der Waals surface area contributed by atoms with Crippen molar-refractivity contribution >= 4 is 46.4 Å². The van der Waals surface area contributed by atoms with E-state index < -0.39 is 0 Å². The number of benzene rings is 2. The van der Waals surface area contributed by atoms with E-state index in [1.54, 1.807) is 34.3 Å². The van der Waals surface area contributed by atoms with Gasteiger partial charge >= 0.3 is 0 Å². The van der Waals surface area contributed by atoms with Crippen LogP contribution in [-0.2, 0) is 0 Å². The first-order chi connectivity index (χ1) is 18.0. The number of carbonyl (C=O) groups is 2. The van der Waals surface area contributed by atoms with Crippen molar-refractivity contribution in [1.82, 2.24) is 19.8 Å². The number of anilines is 1. The van der Waals surface area contributed by atoms with Crippen molar-refractivity contribution in [3.8, 4) is 0 Å². The zero-order valence-corrected chi connectivity index (χ0v) is 21.4. The first kappa shape index (κ1) is 24.5. The SMILES string of the molecule is C=Cc1cccnc1C(=O)N1CCN(C(=O)c2ccc(NSc3cccc4cccnc34)c(C)c2)CC1. The molecule has 7 nitrogen and oxygen atoms in total. The topological polar surface area (TPSA) is 78.4 Å². The number of aryl methyl sites for hydroxylation is 1. The monoisotopic (exact) mass is 509 g/mol. The maximum atomic E-state index is 13.2. The minimum Gasteiger partial charge on any atom is -0.335 e. The fraction of sp³-hybridized carbons (Fsp3) is 0.172. The summed E-state index contributed by atoms with van der Waals surface area (Å²) in [5.41, 5.74) is 4.62. The van der Waals surface area contributed by atoms with Crippen LogP contribution in [-0.4, -0.2) is 57.8 Å². The van der Waals surface area contributed by atoms with Gasteiger partial charge in [-0.05, 0) is 60.8 Å². The second-order valence-corrected chi connectivity index (χ2v) is 9.64. The summed E-state index contributed by atoms with van der Waals surface area (Å²) in [6.45, 7) is 7.64. The molecule has 37 heavy (non-hydrogen) atoms. The molecule has 2 aromatic carbocycles. The van der Waals surface area contributed by atoms with Gasteiger partial charge in [0, 0.05) is 60.8 Å². The number of nitrogens with zero attached hydrogens (tertiary/aromatic N) is 4. The molecular formula is C29H27N5O2S. The minimum atomic E-state index is -0.132. The smallest absolute Gasteiger partial charge is 0.273 e. The van der Waals surface area contributed by atoms with Crippen LogP contribution in [0, 0.1) is 6.92 Å². The molecule has 2 aromatic heterocycles. The van der Waals surface area contributed by atoms with Gasteiger partial charge in [-0.3, -0.25) is 19.6 Å². The predicted molar refractivity (Wildman–Crippen MR) is 149 cm³/mol. The number of para-hydroxylation sites is 1. The van der Waals surface area contributed by atoms with Gasteiger partial charge in [0.1, 0.15) is 5.69 Å². The summed E-state index contributed by atoms with van der Waals surface area (Å²) in [7, 11) is 0. The van der Waals surface area contributed by atoms with Crippen molar-refractivity contribution in [3.05, 3.63) is 102 Å². The van der Waals surface area contributed by atoms with E-state index in [1.807, 2.05) is 61.5 Å². The maximum absolute atomic E-state index is 13.2. The Hall–Kier alpha value is -4.17.